The standard InChI is InChI=1S/C18H21FN4O2/c1-21(18-16(23(24)25)7-8-17(19)20-18)15-9-11-22(12-10-15)13-14-5-3-2-4-6-14/h2-8,15H,9-13H2,1H3. The van der Waals surface area contributed by atoms with Crippen molar-refractivity contribution in [2.24, 2.45) is 0 Å². The third-order valence-electron chi connectivity index (χ3n) is 4.71. The first-order valence-corrected chi connectivity index (χ1v) is 8.34. The summed E-state index contributed by atoms with van der Waals surface area (Å²) in [5.74, 6) is -0.597. The van der Waals surface area contributed by atoms with Crippen LogP contribution in [0.2, 0.25) is 0 Å². The average molecular weight is 344 g/mol. The first-order valence-electron chi connectivity index (χ1n) is 8.34. The summed E-state index contributed by atoms with van der Waals surface area (Å²) >= 11 is 0. The molecule has 132 valence electrons. The van der Waals surface area contributed by atoms with Crippen molar-refractivity contribution >= 4 is 11.5 Å². The quantitative estimate of drug-likeness (QED) is 0.473. The SMILES string of the molecule is CN(c1nc(F)ccc1[N+](=O)[O-])C1CCN(Cc2ccccc2)CC1. The molecule has 6 nitrogen and oxygen atoms in total. The number of nitro groups is 1. The van der Waals surface area contributed by atoms with Gasteiger partial charge < -0.3 is 4.90 Å². The Balaban J connectivity index is 1.65. The van der Waals surface area contributed by atoms with E-state index in [1.807, 2.05) is 18.2 Å². The van der Waals surface area contributed by atoms with Crippen LogP contribution in [0.15, 0.2) is 42.5 Å². The molecule has 0 aliphatic carbocycles. The summed E-state index contributed by atoms with van der Waals surface area (Å²) in [6.07, 6.45) is 1.72. The maximum Gasteiger partial charge on any atom is 0.311 e. The first-order chi connectivity index (χ1) is 12.0. The van der Waals surface area contributed by atoms with E-state index in [4.69, 9.17) is 0 Å². The molecule has 2 aromatic rings. The van der Waals surface area contributed by atoms with Crippen LogP contribution in [0, 0.1) is 16.1 Å². The molecule has 25 heavy (non-hydrogen) atoms. The Kier molecular flexibility index (Phi) is 5.23. The van der Waals surface area contributed by atoms with Crippen LogP contribution in [0.4, 0.5) is 15.9 Å². The molecule has 1 saturated heterocycles. The zero-order valence-corrected chi connectivity index (χ0v) is 14.1. The Morgan fingerprint density at radius 2 is 1.92 bits per heavy atom. The summed E-state index contributed by atoms with van der Waals surface area (Å²) in [4.78, 5) is 18.6. The molecule has 1 aliphatic heterocycles. The minimum Gasteiger partial charge on any atom is -0.351 e. The summed E-state index contributed by atoms with van der Waals surface area (Å²) in [5.41, 5.74) is 1.12. The van der Waals surface area contributed by atoms with Gasteiger partial charge in [-0.2, -0.15) is 9.37 Å². The van der Waals surface area contributed by atoms with Gasteiger partial charge in [-0.25, -0.2) is 0 Å². The molecule has 3 rings (SSSR count). The maximum atomic E-state index is 13.5. The van der Waals surface area contributed by atoms with E-state index < -0.39 is 10.9 Å². The molecular formula is C18H21FN4O2. The number of benzene rings is 1. The molecule has 0 saturated carbocycles. The largest absolute Gasteiger partial charge is 0.351 e. The van der Waals surface area contributed by atoms with Crippen molar-refractivity contribution in [3.8, 4) is 0 Å². The smallest absolute Gasteiger partial charge is 0.311 e. The zero-order chi connectivity index (χ0) is 17.8. The minimum absolute atomic E-state index is 0.103. The van der Waals surface area contributed by atoms with Gasteiger partial charge >= 0.3 is 5.69 Å². The predicted molar refractivity (Wildman–Crippen MR) is 94.0 cm³/mol. The van der Waals surface area contributed by atoms with Crippen molar-refractivity contribution in [1.82, 2.24) is 9.88 Å². The van der Waals surface area contributed by atoms with Crippen LogP contribution in [0.25, 0.3) is 0 Å². The van der Waals surface area contributed by atoms with Gasteiger partial charge in [0.25, 0.3) is 0 Å². The molecular weight excluding hydrogens is 323 g/mol. The fourth-order valence-electron chi connectivity index (χ4n) is 3.30. The lowest BCUT2D eigenvalue weighted by Crippen LogP contribution is -2.43. The number of likely N-dealkylation sites (tertiary alicyclic amines) is 1. The van der Waals surface area contributed by atoms with Gasteiger partial charge in [0.05, 0.1) is 4.92 Å². The highest BCUT2D eigenvalue weighted by molar-refractivity contribution is 5.57. The van der Waals surface area contributed by atoms with E-state index in [1.165, 1.54) is 11.6 Å². The van der Waals surface area contributed by atoms with Crippen LogP contribution < -0.4 is 4.90 Å². The van der Waals surface area contributed by atoms with Gasteiger partial charge in [0, 0.05) is 44.9 Å². The molecule has 7 heteroatoms. The molecule has 0 N–H and O–H groups in total. The van der Waals surface area contributed by atoms with E-state index in [0.717, 1.165) is 38.5 Å². The number of anilines is 1. The average Bonchev–Trinajstić information content (AvgIpc) is 2.62. The zero-order valence-electron chi connectivity index (χ0n) is 14.1. The Hall–Kier alpha value is -2.54. The summed E-state index contributed by atoms with van der Waals surface area (Å²) in [5, 5.41) is 11.2. The molecule has 1 aromatic heterocycles. The van der Waals surface area contributed by atoms with E-state index in [2.05, 4.69) is 22.0 Å². The van der Waals surface area contributed by atoms with Crippen LogP contribution >= 0.6 is 0 Å². The molecule has 2 heterocycles. The van der Waals surface area contributed by atoms with Crippen molar-refractivity contribution in [2.45, 2.75) is 25.4 Å². The number of piperidine rings is 1. The molecule has 0 bridgehead atoms. The third-order valence-corrected chi connectivity index (χ3v) is 4.71. The topological polar surface area (TPSA) is 62.5 Å². The van der Waals surface area contributed by atoms with E-state index in [9.17, 15) is 14.5 Å². The highest BCUT2D eigenvalue weighted by Gasteiger charge is 2.28. The minimum atomic E-state index is -0.700. The van der Waals surface area contributed by atoms with E-state index in [1.54, 1.807) is 11.9 Å². The summed E-state index contributed by atoms with van der Waals surface area (Å²) in [6, 6.07) is 12.6. The van der Waals surface area contributed by atoms with E-state index in [0.29, 0.717) is 0 Å². The fraction of sp³-hybridized carbons (Fsp3) is 0.389. The second kappa shape index (κ2) is 7.57. The van der Waals surface area contributed by atoms with E-state index in [-0.39, 0.29) is 17.5 Å². The fourth-order valence-corrected chi connectivity index (χ4v) is 3.30. The van der Waals surface area contributed by atoms with Crippen LogP contribution in [-0.2, 0) is 6.54 Å². The second-order valence-electron chi connectivity index (χ2n) is 6.34. The Morgan fingerprint density at radius 3 is 2.56 bits per heavy atom. The third kappa shape index (κ3) is 4.11. The second-order valence-corrected chi connectivity index (χ2v) is 6.34. The van der Waals surface area contributed by atoms with Crippen molar-refractivity contribution in [3.63, 3.8) is 0 Å². The van der Waals surface area contributed by atoms with Crippen LogP contribution in [-0.4, -0.2) is 41.0 Å². The highest BCUT2D eigenvalue weighted by Crippen LogP contribution is 2.29. The Bertz CT molecular complexity index is 733. The van der Waals surface area contributed by atoms with Crippen molar-refractivity contribution in [2.75, 3.05) is 25.0 Å². The molecule has 0 spiro atoms. The molecule has 1 aromatic carbocycles. The number of hydrogen-bond donors (Lipinski definition) is 0. The van der Waals surface area contributed by atoms with Gasteiger partial charge in [0.2, 0.25) is 11.8 Å². The number of rotatable bonds is 5. The van der Waals surface area contributed by atoms with Gasteiger partial charge in [-0.1, -0.05) is 30.3 Å². The molecule has 0 radical (unpaired) electrons. The van der Waals surface area contributed by atoms with Crippen LogP contribution in [0.1, 0.15) is 18.4 Å². The monoisotopic (exact) mass is 344 g/mol. The van der Waals surface area contributed by atoms with Gasteiger partial charge in [-0.3, -0.25) is 15.0 Å². The Labute approximate surface area is 146 Å². The lowest BCUT2D eigenvalue weighted by molar-refractivity contribution is -0.384. The number of nitrogens with zero attached hydrogens (tertiary/aromatic N) is 4. The van der Waals surface area contributed by atoms with Crippen LogP contribution in [0.5, 0.6) is 0 Å². The van der Waals surface area contributed by atoms with E-state index >= 15 is 0 Å². The van der Waals surface area contributed by atoms with Gasteiger partial charge in [0.15, 0.2) is 0 Å². The van der Waals surface area contributed by atoms with Crippen molar-refractivity contribution in [1.29, 1.82) is 0 Å². The van der Waals surface area contributed by atoms with Gasteiger partial charge in [-0.05, 0) is 18.4 Å². The van der Waals surface area contributed by atoms with Crippen molar-refractivity contribution < 1.29 is 9.31 Å². The molecule has 0 amide bonds. The van der Waals surface area contributed by atoms with Crippen LogP contribution in [0.3, 0.4) is 0 Å². The summed E-state index contributed by atoms with van der Waals surface area (Å²) in [6.45, 7) is 2.69. The van der Waals surface area contributed by atoms with Gasteiger partial charge in [-0.15, -0.1) is 0 Å². The highest BCUT2D eigenvalue weighted by atomic mass is 19.1. The summed E-state index contributed by atoms with van der Waals surface area (Å²) in [7, 11) is 1.76. The number of aromatic nitrogens is 1. The number of pyridine rings is 1. The molecule has 1 aliphatic rings. The summed E-state index contributed by atoms with van der Waals surface area (Å²) < 4.78 is 13.5. The van der Waals surface area contributed by atoms with Gasteiger partial charge in [0.1, 0.15) is 0 Å². The molecule has 0 atom stereocenters. The molecule has 1 fully saturated rings. The maximum absolute atomic E-state index is 13.5. The molecule has 0 unspecified atom stereocenters. The Morgan fingerprint density at radius 1 is 1.24 bits per heavy atom. The number of halogens is 1. The first kappa shape index (κ1) is 17.3. The number of hydrogen-bond acceptors (Lipinski definition) is 5. The lowest BCUT2D eigenvalue weighted by Gasteiger charge is -2.37. The van der Waals surface area contributed by atoms with Crippen molar-refractivity contribution in [3.05, 3.63) is 64.1 Å². The predicted octanol–water partition coefficient (Wildman–Crippen LogP) is 3.23. The lowest BCUT2D eigenvalue weighted by atomic mass is 10.0. The normalized spacial score (nSPS) is 15.9.